The van der Waals surface area contributed by atoms with Gasteiger partial charge in [0, 0.05) is 29.6 Å². The normalized spacial score (nSPS) is 17.3. The number of amides is 1. The molecule has 1 fully saturated rings. The number of rotatable bonds is 3. The quantitative estimate of drug-likeness (QED) is 0.709. The van der Waals surface area contributed by atoms with E-state index in [2.05, 4.69) is 10.1 Å². The predicted octanol–water partition coefficient (Wildman–Crippen LogP) is 4.05. The highest BCUT2D eigenvalue weighted by Crippen LogP contribution is 2.32. The molecular formula is C18H13ClFN3O2. The third kappa shape index (κ3) is 3.00. The molecule has 0 unspecified atom stereocenters. The van der Waals surface area contributed by atoms with Gasteiger partial charge in [-0.05, 0) is 36.4 Å². The van der Waals surface area contributed by atoms with Crippen LogP contribution in [0.4, 0.5) is 10.1 Å². The smallest absolute Gasteiger partial charge is 0.260 e. The van der Waals surface area contributed by atoms with E-state index in [1.54, 1.807) is 47.4 Å². The fourth-order valence-corrected chi connectivity index (χ4v) is 3.02. The number of carbonyl (C=O) groups is 1. The molecule has 1 saturated heterocycles. The van der Waals surface area contributed by atoms with E-state index in [0.29, 0.717) is 17.4 Å². The zero-order chi connectivity index (χ0) is 17.4. The van der Waals surface area contributed by atoms with E-state index in [-0.39, 0.29) is 29.7 Å². The summed E-state index contributed by atoms with van der Waals surface area (Å²) in [4.78, 5) is 18.3. The maximum absolute atomic E-state index is 13.8. The second-order valence-electron chi connectivity index (χ2n) is 5.82. The lowest BCUT2D eigenvalue weighted by atomic mass is 10.1. The Bertz CT molecular complexity index is 926. The van der Waals surface area contributed by atoms with Crippen LogP contribution < -0.4 is 4.90 Å². The zero-order valence-corrected chi connectivity index (χ0v) is 13.8. The molecule has 1 aliphatic heterocycles. The minimum Gasteiger partial charge on any atom is -0.334 e. The van der Waals surface area contributed by atoms with Crippen LogP contribution >= 0.6 is 11.6 Å². The van der Waals surface area contributed by atoms with Gasteiger partial charge in [-0.1, -0.05) is 28.9 Å². The van der Waals surface area contributed by atoms with Crippen LogP contribution in [0.5, 0.6) is 0 Å². The summed E-state index contributed by atoms with van der Waals surface area (Å²) in [7, 11) is 0. The topological polar surface area (TPSA) is 59.2 Å². The minimum absolute atomic E-state index is 0.0236. The van der Waals surface area contributed by atoms with Gasteiger partial charge in [0.25, 0.3) is 5.89 Å². The van der Waals surface area contributed by atoms with Crippen LogP contribution in [0.2, 0.25) is 5.02 Å². The van der Waals surface area contributed by atoms with Gasteiger partial charge in [0.05, 0.1) is 5.56 Å². The molecular weight excluding hydrogens is 345 g/mol. The maximum Gasteiger partial charge on any atom is 0.260 e. The van der Waals surface area contributed by atoms with Gasteiger partial charge in [-0.3, -0.25) is 4.79 Å². The molecule has 0 spiro atoms. The summed E-state index contributed by atoms with van der Waals surface area (Å²) >= 11 is 5.89. The largest absolute Gasteiger partial charge is 0.334 e. The molecule has 0 saturated carbocycles. The fraction of sp³-hybridized carbons (Fsp3) is 0.167. The van der Waals surface area contributed by atoms with Gasteiger partial charge in [-0.25, -0.2) is 4.39 Å². The van der Waals surface area contributed by atoms with Gasteiger partial charge < -0.3 is 9.42 Å². The van der Waals surface area contributed by atoms with Crippen LogP contribution in [-0.2, 0) is 4.79 Å². The molecule has 126 valence electrons. The van der Waals surface area contributed by atoms with Crippen LogP contribution in [0.15, 0.2) is 53.1 Å². The third-order valence-electron chi connectivity index (χ3n) is 4.17. The summed E-state index contributed by atoms with van der Waals surface area (Å²) in [6, 6.07) is 13.3. The van der Waals surface area contributed by atoms with E-state index in [4.69, 9.17) is 16.1 Å². The fourth-order valence-electron chi connectivity index (χ4n) is 2.90. The Morgan fingerprint density at radius 2 is 1.92 bits per heavy atom. The standard InChI is InChI=1S/C18H13ClFN3O2/c19-12-5-7-13(8-6-12)23-10-11(9-16(23)24)17-21-18(25-22-17)14-3-1-2-4-15(14)20/h1-8,11H,9-10H2/t11-/m0/s1. The van der Waals surface area contributed by atoms with E-state index in [9.17, 15) is 9.18 Å². The SMILES string of the molecule is O=C1C[C@H](c2noc(-c3ccccc3F)n2)CN1c1ccc(Cl)cc1. The molecule has 3 aromatic rings. The molecule has 2 heterocycles. The Labute approximate surface area is 148 Å². The Kier molecular flexibility index (Phi) is 3.97. The van der Waals surface area contributed by atoms with Gasteiger partial charge in [0.1, 0.15) is 5.82 Å². The number of hydrogen-bond acceptors (Lipinski definition) is 4. The molecule has 1 aliphatic rings. The van der Waals surface area contributed by atoms with Crippen molar-refractivity contribution in [3.8, 4) is 11.5 Å². The lowest BCUT2D eigenvalue weighted by Gasteiger charge is -2.16. The Hall–Kier alpha value is -2.73. The molecule has 7 heteroatoms. The molecule has 1 aromatic heterocycles. The van der Waals surface area contributed by atoms with Crippen LogP contribution in [-0.4, -0.2) is 22.6 Å². The molecule has 5 nitrogen and oxygen atoms in total. The first-order valence-electron chi connectivity index (χ1n) is 7.76. The Balaban J connectivity index is 1.57. The zero-order valence-electron chi connectivity index (χ0n) is 13.0. The van der Waals surface area contributed by atoms with Gasteiger partial charge in [0.2, 0.25) is 5.91 Å². The van der Waals surface area contributed by atoms with Crippen LogP contribution in [0.1, 0.15) is 18.2 Å². The van der Waals surface area contributed by atoms with Crippen molar-refractivity contribution in [2.45, 2.75) is 12.3 Å². The number of hydrogen-bond donors (Lipinski definition) is 0. The van der Waals surface area contributed by atoms with Crippen molar-refractivity contribution in [2.75, 3.05) is 11.4 Å². The van der Waals surface area contributed by atoms with Crippen molar-refractivity contribution in [3.05, 3.63) is 65.2 Å². The lowest BCUT2D eigenvalue weighted by molar-refractivity contribution is -0.117. The Morgan fingerprint density at radius 1 is 1.16 bits per heavy atom. The molecule has 2 aromatic carbocycles. The van der Waals surface area contributed by atoms with Crippen molar-refractivity contribution in [1.82, 2.24) is 10.1 Å². The van der Waals surface area contributed by atoms with E-state index < -0.39 is 5.82 Å². The van der Waals surface area contributed by atoms with Gasteiger partial charge in [0.15, 0.2) is 5.82 Å². The first-order chi connectivity index (χ1) is 12.1. The second kappa shape index (κ2) is 6.29. The van der Waals surface area contributed by atoms with Gasteiger partial charge in [-0.2, -0.15) is 4.98 Å². The highest BCUT2D eigenvalue weighted by molar-refractivity contribution is 6.30. The summed E-state index contributed by atoms with van der Waals surface area (Å²) < 4.78 is 19.0. The molecule has 1 atom stereocenters. The van der Waals surface area contributed by atoms with E-state index in [0.717, 1.165) is 5.69 Å². The average Bonchev–Trinajstić information content (AvgIpc) is 3.23. The summed E-state index contributed by atoms with van der Waals surface area (Å²) in [5.74, 6) is -0.131. The number of carbonyl (C=O) groups excluding carboxylic acids is 1. The summed E-state index contributed by atoms with van der Waals surface area (Å²) in [5, 5.41) is 4.55. The van der Waals surface area contributed by atoms with E-state index in [1.807, 2.05) is 0 Å². The monoisotopic (exact) mass is 357 g/mol. The molecule has 0 radical (unpaired) electrons. The predicted molar refractivity (Wildman–Crippen MR) is 90.9 cm³/mol. The van der Waals surface area contributed by atoms with Crippen molar-refractivity contribution < 1.29 is 13.7 Å². The number of benzene rings is 2. The summed E-state index contributed by atoms with van der Waals surface area (Å²) in [6.07, 6.45) is 0.277. The highest BCUT2D eigenvalue weighted by Gasteiger charge is 2.34. The highest BCUT2D eigenvalue weighted by atomic mass is 35.5. The van der Waals surface area contributed by atoms with Crippen molar-refractivity contribution in [3.63, 3.8) is 0 Å². The number of halogens is 2. The molecule has 0 bridgehead atoms. The van der Waals surface area contributed by atoms with Crippen molar-refractivity contribution >= 4 is 23.2 Å². The van der Waals surface area contributed by atoms with Crippen molar-refractivity contribution in [2.24, 2.45) is 0 Å². The molecule has 1 amide bonds. The minimum atomic E-state index is -0.428. The maximum atomic E-state index is 13.8. The van der Waals surface area contributed by atoms with Crippen LogP contribution in [0.3, 0.4) is 0 Å². The number of nitrogens with zero attached hydrogens (tertiary/aromatic N) is 3. The van der Waals surface area contributed by atoms with E-state index >= 15 is 0 Å². The molecule has 0 N–H and O–H groups in total. The molecule has 4 rings (SSSR count). The lowest BCUT2D eigenvalue weighted by Crippen LogP contribution is -2.24. The van der Waals surface area contributed by atoms with Gasteiger partial charge in [-0.15, -0.1) is 0 Å². The van der Waals surface area contributed by atoms with Crippen LogP contribution in [0.25, 0.3) is 11.5 Å². The average molecular weight is 358 g/mol. The first kappa shape index (κ1) is 15.8. The van der Waals surface area contributed by atoms with Crippen LogP contribution in [0, 0.1) is 5.82 Å². The third-order valence-corrected chi connectivity index (χ3v) is 4.43. The number of aromatic nitrogens is 2. The second-order valence-corrected chi connectivity index (χ2v) is 6.26. The molecule has 25 heavy (non-hydrogen) atoms. The summed E-state index contributed by atoms with van der Waals surface area (Å²) in [6.45, 7) is 0.441. The first-order valence-corrected chi connectivity index (χ1v) is 8.14. The summed E-state index contributed by atoms with van der Waals surface area (Å²) in [5.41, 5.74) is 1.02. The Morgan fingerprint density at radius 3 is 2.68 bits per heavy atom. The van der Waals surface area contributed by atoms with Crippen molar-refractivity contribution in [1.29, 1.82) is 0 Å². The van der Waals surface area contributed by atoms with Gasteiger partial charge >= 0.3 is 0 Å². The van der Waals surface area contributed by atoms with E-state index in [1.165, 1.54) is 6.07 Å². The number of anilines is 1. The molecule has 0 aliphatic carbocycles.